The maximum Gasteiger partial charge on any atom is 1.00 e. The van der Waals surface area contributed by atoms with Gasteiger partial charge in [0.25, 0.3) is 0 Å². The van der Waals surface area contributed by atoms with Gasteiger partial charge >= 0.3 is 18.9 Å². The van der Waals surface area contributed by atoms with Crippen LogP contribution in [0, 0.1) is 7.05 Å². The summed E-state index contributed by atoms with van der Waals surface area (Å²) in [5.41, 5.74) is 1.76. The minimum absolute atomic E-state index is 0. The molecule has 0 spiro atoms. The van der Waals surface area contributed by atoms with Crippen LogP contribution in [0.1, 0.15) is 0 Å². The van der Waals surface area contributed by atoms with Gasteiger partial charge in [-0.2, -0.15) is 0 Å². The average Bonchev–Trinajstić information content (AvgIpc) is 2.68. The van der Waals surface area contributed by atoms with Gasteiger partial charge < -0.3 is 9.67 Å². The van der Waals surface area contributed by atoms with Gasteiger partial charge in [0.15, 0.2) is 5.01 Å². The van der Waals surface area contributed by atoms with Crippen LogP contribution in [0.15, 0.2) is 48.5 Å². The minimum Gasteiger partial charge on any atom is -0.873 e. The quantitative estimate of drug-likeness (QED) is 0.326. The molecule has 2 nitrogen and oxygen atoms in total. The standard InChI is InChI=1S/C14H11NOS.Li/c1-15-11-7-3-5-9-13(11)17-14(15)10-6-2-4-8-12(10)16;/h2-9,16H,1H2;/q;+1/p-1. The maximum atomic E-state index is 11.8. The molecule has 1 aromatic heterocycles. The van der Waals surface area contributed by atoms with Gasteiger partial charge in [-0.3, -0.25) is 0 Å². The molecule has 18 heavy (non-hydrogen) atoms. The second kappa shape index (κ2) is 5.07. The van der Waals surface area contributed by atoms with Crippen molar-refractivity contribution in [2.45, 2.75) is 0 Å². The number of fused-ring (bicyclic) bond motifs is 1. The fourth-order valence-electron chi connectivity index (χ4n) is 1.88. The van der Waals surface area contributed by atoms with Gasteiger partial charge in [-0.1, -0.05) is 42.5 Å². The molecule has 84 valence electrons. The molecule has 2 aromatic carbocycles. The SMILES string of the molecule is [CH2-][n+]1c(-c2ccccc2[O-])sc2ccccc21.[Li+]. The van der Waals surface area contributed by atoms with Gasteiger partial charge in [-0.15, -0.1) is 17.1 Å². The Labute approximate surface area is 122 Å². The molecule has 0 N–H and O–H groups in total. The number of para-hydroxylation sites is 2. The topological polar surface area (TPSA) is 26.9 Å². The molecule has 0 aliphatic carbocycles. The first-order valence-corrected chi connectivity index (χ1v) is 6.10. The number of hydrogen-bond acceptors (Lipinski definition) is 2. The second-order valence-electron chi connectivity index (χ2n) is 3.80. The third kappa shape index (κ3) is 2.02. The van der Waals surface area contributed by atoms with E-state index < -0.39 is 0 Å². The summed E-state index contributed by atoms with van der Waals surface area (Å²) < 4.78 is 2.97. The molecule has 0 atom stereocenters. The van der Waals surface area contributed by atoms with E-state index in [0.29, 0.717) is 5.56 Å². The summed E-state index contributed by atoms with van der Waals surface area (Å²) in [4.78, 5) is 0. The number of thiazole rings is 1. The Kier molecular flexibility index (Phi) is 3.67. The first-order valence-electron chi connectivity index (χ1n) is 5.28. The normalized spacial score (nSPS) is 10.2. The van der Waals surface area contributed by atoms with E-state index in [2.05, 4.69) is 7.05 Å². The first kappa shape index (κ1) is 13.0. The molecule has 3 aromatic rings. The Hall–Kier alpha value is -1.40. The van der Waals surface area contributed by atoms with E-state index in [0.717, 1.165) is 15.2 Å². The maximum absolute atomic E-state index is 11.8. The summed E-state index contributed by atoms with van der Waals surface area (Å²) in [6.45, 7) is 0. The van der Waals surface area contributed by atoms with Crippen molar-refractivity contribution in [1.82, 2.24) is 0 Å². The summed E-state index contributed by atoms with van der Waals surface area (Å²) in [6, 6.07) is 15.1. The third-order valence-electron chi connectivity index (χ3n) is 2.73. The van der Waals surface area contributed by atoms with Gasteiger partial charge in [0, 0.05) is 11.7 Å². The monoisotopic (exact) mass is 247 g/mol. The number of nitrogens with zero attached hydrogens (tertiary/aromatic N) is 1. The largest absolute Gasteiger partial charge is 1.00 e. The molecule has 4 heteroatoms. The van der Waals surface area contributed by atoms with Gasteiger partial charge in [-0.25, -0.2) is 0 Å². The zero-order chi connectivity index (χ0) is 11.8. The molecule has 0 unspecified atom stereocenters. The van der Waals surface area contributed by atoms with E-state index in [4.69, 9.17) is 0 Å². The first-order chi connectivity index (χ1) is 8.27. The third-order valence-corrected chi connectivity index (χ3v) is 3.92. The molecule has 0 amide bonds. The Bertz CT molecular complexity index is 693. The molecule has 0 radical (unpaired) electrons. The summed E-state index contributed by atoms with van der Waals surface area (Å²) >= 11 is 1.59. The molecular weight excluding hydrogens is 237 g/mol. The average molecular weight is 247 g/mol. The minimum atomic E-state index is 0. The van der Waals surface area contributed by atoms with E-state index in [-0.39, 0.29) is 24.6 Å². The van der Waals surface area contributed by atoms with Crippen LogP contribution < -0.4 is 28.5 Å². The molecule has 0 aliphatic rings. The molecule has 0 bridgehead atoms. The summed E-state index contributed by atoms with van der Waals surface area (Å²) in [5, 5.41) is 12.7. The Morgan fingerprint density at radius 1 is 1.00 bits per heavy atom. The van der Waals surface area contributed by atoms with Crippen LogP contribution in [0.2, 0.25) is 0 Å². The fourth-order valence-corrected chi connectivity index (χ4v) is 3.00. The smallest absolute Gasteiger partial charge is 0.873 e. The number of hydrogen-bond donors (Lipinski definition) is 0. The van der Waals surface area contributed by atoms with Crippen molar-refractivity contribution in [2.75, 3.05) is 0 Å². The summed E-state index contributed by atoms with van der Waals surface area (Å²) in [7, 11) is 4.01. The molecule has 0 saturated heterocycles. The second-order valence-corrected chi connectivity index (χ2v) is 4.83. The van der Waals surface area contributed by atoms with Crippen LogP contribution in [0.3, 0.4) is 0 Å². The molecule has 0 fully saturated rings. The summed E-state index contributed by atoms with van der Waals surface area (Å²) in [5.74, 6) is 0.0384. The molecule has 0 aliphatic heterocycles. The van der Waals surface area contributed by atoms with E-state index in [9.17, 15) is 5.11 Å². The van der Waals surface area contributed by atoms with E-state index in [1.54, 1.807) is 23.5 Å². The van der Waals surface area contributed by atoms with Crippen LogP contribution in [-0.4, -0.2) is 0 Å². The van der Waals surface area contributed by atoms with Crippen molar-refractivity contribution in [3.8, 4) is 16.3 Å². The molecular formula is C14H10LiNOS. The van der Waals surface area contributed by atoms with Crippen LogP contribution in [0.4, 0.5) is 0 Å². The van der Waals surface area contributed by atoms with Crippen LogP contribution >= 0.6 is 11.3 Å². The predicted octanol–water partition coefficient (Wildman–Crippen LogP) is -0.427. The van der Waals surface area contributed by atoms with Crippen LogP contribution in [-0.2, 0) is 0 Å². The fraction of sp³-hybridized carbons (Fsp3) is 0. The zero-order valence-corrected chi connectivity index (χ0v) is 10.9. The van der Waals surface area contributed by atoms with Crippen molar-refractivity contribution >= 4 is 21.6 Å². The van der Waals surface area contributed by atoms with Crippen molar-refractivity contribution in [3.63, 3.8) is 0 Å². The van der Waals surface area contributed by atoms with Gasteiger partial charge in [0.1, 0.15) is 5.52 Å². The van der Waals surface area contributed by atoms with Crippen LogP contribution in [0.25, 0.3) is 20.8 Å². The van der Waals surface area contributed by atoms with Crippen molar-refractivity contribution in [1.29, 1.82) is 0 Å². The molecule has 1 heterocycles. The number of rotatable bonds is 1. The van der Waals surface area contributed by atoms with E-state index in [1.165, 1.54) is 0 Å². The predicted molar refractivity (Wildman–Crippen MR) is 67.7 cm³/mol. The van der Waals surface area contributed by atoms with Crippen LogP contribution in [0.5, 0.6) is 5.75 Å². The Balaban J connectivity index is 0.00000120. The summed E-state index contributed by atoms with van der Waals surface area (Å²) in [6.07, 6.45) is 0. The van der Waals surface area contributed by atoms with Crippen molar-refractivity contribution in [2.24, 2.45) is 0 Å². The zero-order valence-electron chi connectivity index (χ0n) is 10.1. The number of benzene rings is 2. The Morgan fingerprint density at radius 2 is 1.67 bits per heavy atom. The van der Waals surface area contributed by atoms with E-state index in [1.807, 2.05) is 41.0 Å². The van der Waals surface area contributed by atoms with Gasteiger partial charge in [0.05, 0.1) is 0 Å². The van der Waals surface area contributed by atoms with Gasteiger partial charge in [-0.05, 0) is 11.6 Å². The Morgan fingerprint density at radius 3 is 2.39 bits per heavy atom. The molecule has 3 rings (SSSR count). The van der Waals surface area contributed by atoms with Crippen molar-refractivity contribution in [3.05, 3.63) is 55.6 Å². The molecule has 0 saturated carbocycles. The van der Waals surface area contributed by atoms with Crippen molar-refractivity contribution < 1.29 is 28.5 Å². The van der Waals surface area contributed by atoms with Gasteiger partial charge in [0.2, 0.25) is 0 Å². The number of aromatic nitrogens is 1. The van der Waals surface area contributed by atoms with E-state index >= 15 is 0 Å².